The maximum absolute atomic E-state index is 11.9. The molecule has 0 spiro atoms. The first-order valence-corrected chi connectivity index (χ1v) is 9.59. The highest BCUT2D eigenvalue weighted by Gasteiger charge is 2.18. The van der Waals surface area contributed by atoms with E-state index in [9.17, 15) is 4.79 Å². The van der Waals surface area contributed by atoms with Gasteiger partial charge < -0.3 is 10.1 Å². The van der Waals surface area contributed by atoms with Gasteiger partial charge in [-0.05, 0) is 32.4 Å². The molecule has 3 rings (SSSR count). The number of nitrogens with one attached hydrogen (secondary N) is 1. The fourth-order valence-corrected chi connectivity index (χ4v) is 3.38. The van der Waals surface area contributed by atoms with E-state index in [-0.39, 0.29) is 11.9 Å². The maximum Gasteiger partial charge on any atom is 0.220 e. The van der Waals surface area contributed by atoms with Crippen LogP contribution in [0.25, 0.3) is 0 Å². The van der Waals surface area contributed by atoms with Crippen molar-refractivity contribution < 1.29 is 9.53 Å². The quantitative estimate of drug-likeness (QED) is 0.807. The lowest BCUT2D eigenvalue weighted by Gasteiger charge is -2.19. The van der Waals surface area contributed by atoms with Gasteiger partial charge >= 0.3 is 0 Å². The Balaban J connectivity index is 1.61. The molecule has 27 heavy (non-hydrogen) atoms. The van der Waals surface area contributed by atoms with Crippen LogP contribution >= 0.6 is 0 Å². The standard InChI is InChI=1S/C20H29N5O2/c1-15(2)22-20(26)6-5-16-11-18-14-24(9-4-10-25(18)23-16)13-17-12-19(27-3)7-8-21-17/h7-8,11-12,15H,4-6,9-10,13-14H2,1-3H3,(H,22,26). The summed E-state index contributed by atoms with van der Waals surface area (Å²) in [6.07, 6.45) is 3.99. The number of aromatic nitrogens is 3. The first kappa shape index (κ1) is 19.4. The molecule has 3 heterocycles. The SMILES string of the molecule is COc1ccnc(CN2CCCn3nc(CCC(=O)NC(C)C)cc3C2)c1. The summed E-state index contributed by atoms with van der Waals surface area (Å²) in [5.41, 5.74) is 3.20. The Morgan fingerprint density at radius 3 is 2.93 bits per heavy atom. The minimum Gasteiger partial charge on any atom is -0.497 e. The van der Waals surface area contributed by atoms with Crippen molar-refractivity contribution in [2.45, 2.75) is 58.8 Å². The Hall–Kier alpha value is -2.41. The Kier molecular flexibility index (Phi) is 6.45. The van der Waals surface area contributed by atoms with Gasteiger partial charge in [0.1, 0.15) is 5.75 Å². The summed E-state index contributed by atoms with van der Waals surface area (Å²) < 4.78 is 7.39. The minimum atomic E-state index is 0.0823. The Morgan fingerprint density at radius 1 is 1.30 bits per heavy atom. The normalized spacial score (nSPS) is 14.7. The van der Waals surface area contributed by atoms with Gasteiger partial charge in [-0.2, -0.15) is 5.10 Å². The summed E-state index contributed by atoms with van der Waals surface area (Å²) in [5, 5.41) is 7.63. The molecule has 7 nitrogen and oxygen atoms in total. The number of rotatable bonds is 7. The Labute approximate surface area is 160 Å². The van der Waals surface area contributed by atoms with Crippen molar-refractivity contribution in [3.8, 4) is 5.75 Å². The van der Waals surface area contributed by atoms with E-state index in [1.165, 1.54) is 5.69 Å². The number of carbonyl (C=O) groups excluding carboxylic acids is 1. The minimum absolute atomic E-state index is 0.0823. The predicted octanol–water partition coefficient (Wildman–Crippen LogP) is 2.15. The van der Waals surface area contributed by atoms with Crippen LogP contribution in [0.3, 0.4) is 0 Å². The van der Waals surface area contributed by atoms with E-state index in [0.29, 0.717) is 12.8 Å². The Bertz CT molecular complexity index is 771. The molecule has 0 aliphatic carbocycles. The number of methoxy groups -OCH3 is 1. The second-order valence-electron chi connectivity index (χ2n) is 7.32. The number of hydrogen-bond donors (Lipinski definition) is 1. The van der Waals surface area contributed by atoms with Gasteiger partial charge in [0.05, 0.1) is 24.2 Å². The van der Waals surface area contributed by atoms with Crippen LogP contribution in [0.5, 0.6) is 5.75 Å². The second kappa shape index (κ2) is 8.99. The average molecular weight is 371 g/mol. The number of pyridine rings is 1. The van der Waals surface area contributed by atoms with Crippen molar-refractivity contribution in [2.75, 3.05) is 13.7 Å². The first-order valence-electron chi connectivity index (χ1n) is 9.59. The fraction of sp³-hybridized carbons (Fsp3) is 0.550. The van der Waals surface area contributed by atoms with Gasteiger partial charge in [-0.15, -0.1) is 0 Å². The van der Waals surface area contributed by atoms with E-state index >= 15 is 0 Å². The van der Waals surface area contributed by atoms with E-state index in [4.69, 9.17) is 9.84 Å². The molecule has 0 atom stereocenters. The molecule has 2 aromatic rings. The summed E-state index contributed by atoms with van der Waals surface area (Å²) in [5.74, 6) is 0.917. The molecule has 0 saturated heterocycles. The number of hydrogen-bond acceptors (Lipinski definition) is 5. The van der Waals surface area contributed by atoms with Crippen molar-refractivity contribution in [1.82, 2.24) is 25.0 Å². The molecule has 7 heteroatoms. The highest BCUT2D eigenvalue weighted by molar-refractivity contribution is 5.76. The maximum atomic E-state index is 11.9. The lowest BCUT2D eigenvalue weighted by molar-refractivity contribution is -0.121. The van der Waals surface area contributed by atoms with Crippen LogP contribution < -0.4 is 10.1 Å². The monoisotopic (exact) mass is 371 g/mol. The molecule has 0 saturated carbocycles. The van der Waals surface area contributed by atoms with E-state index in [2.05, 4.69) is 25.9 Å². The molecule has 0 unspecified atom stereocenters. The largest absolute Gasteiger partial charge is 0.497 e. The summed E-state index contributed by atoms with van der Waals surface area (Å²) in [6.45, 7) is 7.49. The van der Waals surface area contributed by atoms with Crippen LogP contribution in [0.15, 0.2) is 24.4 Å². The second-order valence-corrected chi connectivity index (χ2v) is 7.32. The molecule has 2 aromatic heterocycles. The number of carbonyl (C=O) groups is 1. The van der Waals surface area contributed by atoms with Gasteiger partial charge in [0, 0.05) is 57.3 Å². The van der Waals surface area contributed by atoms with Crippen molar-refractivity contribution >= 4 is 5.91 Å². The third kappa shape index (κ3) is 5.53. The highest BCUT2D eigenvalue weighted by Crippen LogP contribution is 2.18. The molecule has 0 fully saturated rings. The summed E-state index contributed by atoms with van der Waals surface area (Å²) >= 11 is 0. The van der Waals surface area contributed by atoms with E-state index in [0.717, 1.165) is 49.7 Å². The van der Waals surface area contributed by atoms with E-state index < -0.39 is 0 Å². The van der Waals surface area contributed by atoms with E-state index in [1.807, 2.05) is 26.0 Å². The average Bonchev–Trinajstić information content (AvgIpc) is 2.91. The summed E-state index contributed by atoms with van der Waals surface area (Å²) in [6, 6.07) is 6.17. The zero-order chi connectivity index (χ0) is 19.2. The lowest BCUT2D eigenvalue weighted by atomic mass is 10.2. The molecule has 0 bridgehead atoms. The molecule has 1 aliphatic rings. The van der Waals surface area contributed by atoms with Crippen LogP contribution in [0.2, 0.25) is 0 Å². The summed E-state index contributed by atoms with van der Waals surface area (Å²) in [4.78, 5) is 18.7. The predicted molar refractivity (Wildman–Crippen MR) is 103 cm³/mol. The fourth-order valence-electron chi connectivity index (χ4n) is 3.38. The van der Waals surface area contributed by atoms with Crippen molar-refractivity contribution in [3.05, 3.63) is 41.5 Å². The highest BCUT2D eigenvalue weighted by atomic mass is 16.5. The Morgan fingerprint density at radius 2 is 2.15 bits per heavy atom. The van der Waals surface area contributed by atoms with Crippen molar-refractivity contribution in [3.63, 3.8) is 0 Å². The molecule has 1 N–H and O–H groups in total. The number of aryl methyl sites for hydroxylation is 2. The summed E-state index contributed by atoms with van der Waals surface area (Å²) in [7, 11) is 1.67. The first-order chi connectivity index (χ1) is 13.0. The molecule has 146 valence electrons. The van der Waals surface area contributed by atoms with Gasteiger partial charge in [-0.1, -0.05) is 0 Å². The van der Waals surface area contributed by atoms with Gasteiger partial charge in [0.15, 0.2) is 0 Å². The molecule has 1 aliphatic heterocycles. The van der Waals surface area contributed by atoms with Crippen LogP contribution in [0, 0.1) is 0 Å². The van der Waals surface area contributed by atoms with Crippen LogP contribution in [0.4, 0.5) is 0 Å². The third-order valence-corrected chi connectivity index (χ3v) is 4.61. The number of fused-ring (bicyclic) bond motifs is 1. The number of amides is 1. The van der Waals surface area contributed by atoms with Gasteiger partial charge in [0.25, 0.3) is 0 Å². The molecular formula is C20H29N5O2. The van der Waals surface area contributed by atoms with Crippen molar-refractivity contribution in [2.24, 2.45) is 0 Å². The number of ether oxygens (including phenoxy) is 1. The van der Waals surface area contributed by atoms with Gasteiger partial charge in [-0.3, -0.25) is 19.4 Å². The molecule has 1 amide bonds. The molecule has 0 radical (unpaired) electrons. The van der Waals surface area contributed by atoms with E-state index in [1.54, 1.807) is 13.3 Å². The smallest absolute Gasteiger partial charge is 0.220 e. The van der Waals surface area contributed by atoms with Crippen LogP contribution in [-0.2, 0) is 30.8 Å². The van der Waals surface area contributed by atoms with Crippen LogP contribution in [-0.4, -0.2) is 45.3 Å². The third-order valence-electron chi connectivity index (χ3n) is 4.61. The zero-order valence-electron chi connectivity index (χ0n) is 16.4. The topological polar surface area (TPSA) is 72.3 Å². The van der Waals surface area contributed by atoms with Crippen molar-refractivity contribution in [1.29, 1.82) is 0 Å². The van der Waals surface area contributed by atoms with Gasteiger partial charge in [-0.25, -0.2) is 0 Å². The van der Waals surface area contributed by atoms with Gasteiger partial charge in [0.2, 0.25) is 5.91 Å². The molecular weight excluding hydrogens is 342 g/mol. The zero-order valence-corrected chi connectivity index (χ0v) is 16.4. The number of nitrogens with zero attached hydrogens (tertiary/aromatic N) is 4. The molecule has 0 aromatic carbocycles. The van der Waals surface area contributed by atoms with Crippen LogP contribution in [0.1, 0.15) is 43.8 Å². The lowest BCUT2D eigenvalue weighted by Crippen LogP contribution is -2.30.